The van der Waals surface area contributed by atoms with Crippen LogP contribution in [-0.2, 0) is 11.2 Å². The molecule has 9 heteroatoms. The minimum absolute atomic E-state index is 0.0831. The first-order chi connectivity index (χ1) is 17.7. The number of nitrogens with one attached hydrogen (secondary N) is 1. The Bertz CT molecular complexity index is 1440. The highest BCUT2D eigenvalue weighted by Crippen LogP contribution is 2.26. The van der Waals surface area contributed by atoms with E-state index in [1.54, 1.807) is 10.8 Å². The third-order valence-electron chi connectivity index (χ3n) is 7.12. The summed E-state index contributed by atoms with van der Waals surface area (Å²) in [5, 5.41) is 8.03. The van der Waals surface area contributed by atoms with Gasteiger partial charge < -0.3 is 14.5 Å². The number of hydrogen-bond donors (Lipinski definition) is 1. The maximum Gasteiger partial charge on any atom is 0.347 e. The van der Waals surface area contributed by atoms with E-state index in [1.165, 1.54) is 0 Å². The van der Waals surface area contributed by atoms with Crippen LogP contribution in [0, 0.1) is 5.92 Å². The van der Waals surface area contributed by atoms with Crippen molar-refractivity contribution < 1.29 is 9.53 Å². The second-order valence-corrected chi connectivity index (χ2v) is 9.42. The molecule has 4 aromatic rings. The molecule has 0 radical (unpaired) electrons. The molecule has 184 valence electrons. The quantitative estimate of drug-likeness (QED) is 0.480. The van der Waals surface area contributed by atoms with E-state index in [9.17, 15) is 9.59 Å². The fourth-order valence-electron chi connectivity index (χ4n) is 5.17. The summed E-state index contributed by atoms with van der Waals surface area (Å²) in [6, 6.07) is 18.2. The van der Waals surface area contributed by atoms with Gasteiger partial charge in [0.1, 0.15) is 5.82 Å². The summed E-state index contributed by atoms with van der Waals surface area (Å²) < 4.78 is 7.00. The predicted molar refractivity (Wildman–Crippen MR) is 136 cm³/mol. The average Bonchev–Trinajstić information content (AvgIpc) is 3.55. The average molecular weight is 485 g/mol. The molecule has 1 atom stereocenters. The van der Waals surface area contributed by atoms with Gasteiger partial charge in [0.25, 0.3) is 0 Å². The van der Waals surface area contributed by atoms with E-state index in [-0.39, 0.29) is 17.6 Å². The van der Waals surface area contributed by atoms with Gasteiger partial charge in [-0.25, -0.2) is 19.3 Å². The largest absolute Gasteiger partial charge is 0.378 e. The maximum atomic E-state index is 12.8. The van der Waals surface area contributed by atoms with Crippen molar-refractivity contribution in [2.75, 3.05) is 39.4 Å². The van der Waals surface area contributed by atoms with Gasteiger partial charge in [-0.15, -0.1) is 0 Å². The van der Waals surface area contributed by atoms with Crippen LogP contribution in [0.15, 0.2) is 65.6 Å². The van der Waals surface area contributed by atoms with Crippen LogP contribution < -0.4 is 5.69 Å². The molecule has 2 aromatic heterocycles. The van der Waals surface area contributed by atoms with Gasteiger partial charge in [0.15, 0.2) is 0 Å². The van der Waals surface area contributed by atoms with Gasteiger partial charge >= 0.3 is 11.7 Å². The molecule has 2 aromatic carbocycles. The number of benzene rings is 2. The molecule has 4 heterocycles. The summed E-state index contributed by atoms with van der Waals surface area (Å²) in [5.41, 5.74) is 3.59. The Labute approximate surface area is 208 Å². The van der Waals surface area contributed by atoms with Crippen molar-refractivity contribution in [3.05, 3.63) is 77.1 Å². The zero-order valence-electron chi connectivity index (χ0n) is 20.0. The SMILES string of the molecule is O=C(N1CCOCC1)N1CCC(Cc2n[nH]c(=O)n2-c2ccc(-c3ccc4cccnc4c3)cc2)C1. The van der Waals surface area contributed by atoms with Crippen molar-refractivity contribution in [2.24, 2.45) is 5.92 Å². The number of morpholine rings is 1. The van der Waals surface area contributed by atoms with E-state index in [1.807, 2.05) is 46.2 Å². The molecule has 1 unspecified atom stereocenters. The molecule has 2 aliphatic heterocycles. The summed E-state index contributed by atoms with van der Waals surface area (Å²) >= 11 is 0. The van der Waals surface area contributed by atoms with Crippen LogP contribution in [-0.4, -0.2) is 75.0 Å². The number of pyridine rings is 1. The van der Waals surface area contributed by atoms with Gasteiger partial charge in [-0.2, -0.15) is 5.10 Å². The normalized spacial score (nSPS) is 18.2. The number of aromatic nitrogens is 4. The first-order valence-corrected chi connectivity index (χ1v) is 12.4. The lowest BCUT2D eigenvalue weighted by molar-refractivity contribution is 0.0449. The lowest BCUT2D eigenvalue weighted by atomic mass is 10.0. The van der Waals surface area contributed by atoms with Crippen molar-refractivity contribution in [2.45, 2.75) is 12.8 Å². The standard InChI is InChI=1S/C27H28N6O3/c34-26-30-29-25(16-19-9-11-32(18-19)27(35)31-12-14-36-15-13-31)33(26)23-7-5-20(6-8-23)22-4-3-21-2-1-10-28-24(21)17-22/h1-8,10,17,19H,9,11-16,18H2,(H,30,34). The van der Waals surface area contributed by atoms with Gasteiger partial charge in [0.2, 0.25) is 0 Å². The Kier molecular flexibility index (Phi) is 5.98. The Balaban J connectivity index is 1.17. The van der Waals surface area contributed by atoms with E-state index in [2.05, 4.69) is 33.4 Å². The molecular weight excluding hydrogens is 456 g/mol. The van der Waals surface area contributed by atoms with Crippen molar-refractivity contribution in [1.82, 2.24) is 29.5 Å². The zero-order valence-corrected chi connectivity index (χ0v) is 20.0. The van der Waals surface area contributed by atoms with Crippen molar-refractivity contribution >= 4 is 16.9 Å². The van der Waals surface area contributed by atoms with Gasteiger partial charge in [0, 0.05) is 44.2 Å². The number of carbonyl (C=O) groups excluding carboxylic acids is 1. The number of carbonyl (C=O) groups is 1. The molecule has 0 bridgehead atoms. The Morgan fingerprint density at radius 3 is 2.64 bits per heavy atom. The maximum absolute atomic E-state index is 12.8. The molecule has 0 aliphatic carbocycles. The molecular formula is C27H28N6O3. The van der Waals surface area contributed by atoms with Crippen molar-refractivity contribution in [3.63, 3.8) is 0 Å². The second kappa shape index (κ2) is 9.58. The minimum Gasteiger partial charge on any atom is -0.378 e. The Morgan fingerprint density at radius 2 is 1.81 bits per heavy atom. The minimum atomic E-state index is -0.257. The first kappa shape index (κ1) is 22.5. The smallest absolute Gasteiger partial charge is 0.347 e. The highest BCUT2D eigenvalue weighted by Gasteiger charge is 2.31. The number of ether oxygens (including phenoxy) is 1. The zero-order chi connectivity index (χ0) is 24.5. The van der Waals surface area contributed by atoms with Crippen molar-refractivity contribution in [3.8, 4) is 16.8 Å². The summed E-state index contributed by atoms with van der Waals surface area (Å²) in [6.45, 7) is 3.88. The van der Waals surface area contributed by atoms with E-state index >= 15 is 0 Å². The summed E-state index contributed by atoms with van der Waals surface area (Å²) in [7, 11) is 0. The fourth-order valence-corrected chi connectivity index (χ4v) is 5.17. The van der Waals surface area contributed by atoms with Crippen LogP contribution >= 0.6 is 0 Å². The van der Waals surface area contributed by atoms with Crippen LogP contribution in [0.2, 0.25) is 0 Å². The molecule has 1 N–H and O–H groups in total. The molecule has 9 nitrogen and oxygen atoms in total. The lowest BCUT2D eigenvalue weighted by Gasteiger charge is -2.31. The van der Waals surface area contributed by atoms with Crippen LogP contribution in [0.25, 0.3) is 27.7 Å². The number of H-pyrrole nitrogens is 1. The number of fused-ring (bicyclic) bond motifs is 1. The van der Waals surface area contributed by atoms with E-state index < -0.39 is 0 Å². The number of likely N-dealkylation sites (tertiary alicyclic amines) is 1. The lowest BCUT2D eigenvalue weighted by Crippen LogP contribution is -2.47. The number of urea groups is 1. The predicted octanol–water partition coefficient (Wildman–Crippen LogP) is 3.09. The number of nitrogens with zero attached hydrogens (tertiary/aromatic N) is 5. The molecule has 2 aliphatic rings. The molecule has 2 fully saturated rings. The van der Waals surface area contributed by atoms with Gasteiger partial charge in [-0.3, -0.25) is 4.98 Å². The van der Waals surface area contributed by atoms with Gasteiger partial charge in [-0.1, -0.05) is 30.3 Å². The van der Waals surface area contributed by atoms with E-state index in [4.69, 9.17) is 4.74 Å². The van der Waals surface area contributed by atoms with Crippen LogP contribution in [0.5, 0.6) is 0 Å². The fraction of sp³-hybridized carbons (Fsp3) is 0.333. The molecule has 0 spiro atoms. The highest BCUT2D eigenvalue weighted by molar-refractivity contribution is 5.84. The second-order valence-electron chi connectivity index (χ2n) is 9.42. The topological polar surface area (TPSA) is 96.4 Å². The molecule has 2 amide bonds. The van der Waals surface area contributed by atoms with Crippen LogP contribution in [0.3, 0.4) is 0 Å². The Morgan fingerprint density at radius 1 is 1.00 bits per heavy atom. The molecule has 2 saturated heterocycles. The third-order valence-corrected chi connectivity index (χ3v) is 7.12. The van der Waals surface area contributed by atoms with Gasteiger partial charge in [0.05, 0.1) is 24.4 Å². The first-order valence-electron chi connectivity index (χ1n) is 12.4. The number of amides is 2. The summed E-state index contributed by atoms with van der Waals surface area (Å²) in [6.07, 6.45) is 3.32. The van der Waals surface area contributed by atoms with Crippen molar-refractivity contribution in [1.29, 1.82) is 0 Å². The number of hydrogen-bond acceptors (Lipinski definition) is 5. The number of rotatable bonds is 4. The highest BCUT2D eigenvalue weighted by atomic mass is 16.5. The molecule has 6 rings (SSSR count). The van der Waals surface area contributed by atoms with Crippen LogP contribution in [0.1, 0.15) is 12.2 Å². The molecule has 0 saturated carbocycles. The van der Waals surface area contributed by atoms with E-state index in [0.29, 0.717) is 45.1 Å². The third kappa shape index (κ3) is 4.37. The van der Waals surface area contributed by atoms with Crippen LogP contribution in [0.4, 0.5) is 4.79 Å². The molecule has 36 heavy (non-hydrogen) atoms. The van der Waals surface area contributed by atoms with E-state index in [0.717, 1.165) is 40.7 Å². The van der Waals surface area contributed by atoms with Gasteiger partial charge in [-0.05, 0) is 47.7 Å². The Hall–Kier alpha value is -3.98. The number of aromatic amines is 1. The summed E-state index contributed by atoms with van der Waals surface area (Å²) in [4.78, 5) is 33.7. The summed E-state index contributed by atoms with van der Waals surface area (Å²) in [5.74, 6) is 0.946. The monoisotopic (exact) mass is 484 g/mol.